The van der Waals surface area contributed by atoms with Crippen LogP contribution in [0, 0.1) is 6.92 Å². The number of rotatable bonds is 2. The molecule has 0 unspecified atom stereocenters. The number of methoxy groups -OCH3 is 1. The van der Waals surface area contributed by atoms with Crippen LogP contribution in [0.5, 0.6) is 6.08 Å². The van der Waals surface area contributed by atoms with Crippen molar-refractivity contribution < 1.29 is 19.1 Å². The summed E-state index contributed by atoms with van der Waals surface area (Å²) < 4.78 is 9.28. The molecule has 1 aromatic rings. The maximum absolute atomic E-state index is 10.4. The number of carbonyl (C=O) groups is 1. The van der Waals surface area contributed by atoms with E-state index in [1.54, 1.807) is 0 Å². The molecule has 0 aliphatic carbocycles. The molecule has 0 aliphatic rings. The molecule has 1 N–H and O–H groups in total. The van der Waals surface area contributed by atoms with Gasteiger partial charge in [0.2, 0.25) is 5.76 Å². The van der Waals surface area contributed by atoms with Gasteiger partial charge >= 0.3 is 12.0 Å². The van der Waals surface area contributed by atoms with E-state index >= 15 is 0 Å². The molecule has 0 spiro atoms. The number of carboxylic acid groups (broad SMARTS) is 1. The summed E-state index contributed by atoms with van der Waals surface area (Å²) >= 11 is 0. The summed E-state index contributed by atoms with van der Waals surface area (Å²) in [5.41, 5.74) is 0.314. The van der Waals surface area contributed by atoms with Crippen LogP contribution in [-0.4, -0.2) is 23.2 Å². The van der Waals surface area contributed by atoms with E-state index < -0.39 is 5.97 Å². The van der Waals surface area contributed by atoms with Gasteiger partial charge in [0.1, 0.15) is 0 Å². The van der Waals surface area contributed by atoms with Crippen LogP contribution >= 0.6 is 0 Å². The normalized spacial score (nSPS) is 9.64. The van der Waals surface area contributed by atoms with Gasteiger partial charge in [0.15, 0.2) is 0 Å². The predicted molar refractivity (Wildman–Crippen MR) is 34.8 cm³/mol. The molecule has 5 heteroatoms. The fourth-order valence-corrected chi connectivity index (χ4v) is 0.657. The van der Waals surface area contributed by atoms with Crippen LogP contribution in [0.15, 0.2) is 4.42 Å². The molecule has 0 bridgehead atoms. The SMILES string of the molecule is COc1nc(C)c(C(=O)O)o1. The highest BCUT2D eigenvalue weighted by Crippen LogP contribution is 2.15. The molecule has 0 atom stereocenters. The average Bonchev–Trinajstić information content (AvgIpc) is 2.30. The van der Waals surface area contributed by atoms with Crippen LogP contribution in [0.4, 0.5) is 0 Å². The lowest BCUT2D eigenvalue weighted by molar-refractivity contribution is 0.0654. The summed E-state index contributed by atoms with van der Waals surface area (Å²) in [5.74, 6) is -1.32. The lowest BCUT2D eigenvalue weighted by atomic mass is 10.4. The van der Waals surface area contributed by atoms with Gasteiger partial charge in [-0.3, -0.25) is 0 Å². The van der Waals surface area contributed by atoms with E-state index in [1.165, 1.54) is 14.0 Å². The highest BCUT2D eigenvalue weighted by atomic mass is 16.6. The number of nitrogens with zero attached hydrogens (tertiary/aromatic N) is 1. The summed E-state index contributed by atoms with van der Waals surface area (Å²) in [6, 6.07) is 0. The molecule has 0 saturated heterocycles. The van der Waals surface area contributed by atoms with Crippen molar-refractivity contribution in [3.63, 3.8) is 0 Å². The molecule has 0 amide bonds. The number of aryl methyl sites for hydroxylation is 1. The maximum atomic E-state index is 10.4. The summed E-state index contributed by atoms with van der Waals surface area (Å²) in [7, 11) is 1.36. The van der Waals surface area contributed by atoms with Crippen molar-refractivity contribution in [2.75, 3.05) is 7.11 Å². The molecule has 1 heterocycles. The third-order valence-electron chi connectivity index (χ3n) is 1.15. The van der Waals surface area contributed by atoms with Crippen molar-refractivity contribution in [2.45, 2.75) is 6.92 Å². The minimum atomic E-state index is -1.14. The first-order chi connectivity index (χ1) is 5.15. The Bertz CT molecular complexity index is 278. The van der Waals surface area contributed by atoms with Gasteiger partial charge in [0.05, 0.1) is 12.8 Å². The second-order valence-corrected chi connectivity index (χ2v) is 1.90. The summed E-state index contributed by atoms with van der Waals surface area (Å²) in [4.78, 5) is 14.0. The Labute approximate surface area is 62.6 Å². The minimum Gasteiger partial charge on any atom is -0.475 e. The molecule has 1 aromatic heterocycles. The highest BCUT2D eigenvalue weighted by Gasteiger charge is 2.15. The number of carboxylic acids is 1. The van der Waals surface area contributed by atoms with Crippen LogP contribution in [0.2, 0.25) is 0 Å². The zero-order valence-electron chi connectivity index (χ0n) is 6.12. The van der Waals surface area contributed by atoms with Gasteiger partial charge in [-0.15, -0.1) is 0 Å². The van der Waals surface area contributed by atoms with Gasteiger partial charge in [0, 0.05) is 0 Å². The predicted octanol–water partition coefficient (Wildman–Crippen LogP) is 0.690. The fraction of sp³-hybridized carbons (Fsp3) is 0.333. The van der Waals surface area contributed by atoms with Crippen LogP contribution in [0.25, 0.3) is 0 Å². The topological polar surface area (TPSA) is 72.6 Å². The number of aromatic carboxylic acids is 1. The average molecular weight is 157 g/mol. The molecule has 1 rings (SSSR count). The van der Waals surface area contributed by atoms with E-state index in [4.69, 9.17) is 9.52 Å². The summed E-state index contributed by atoms with van der Waals surface area (Å²) in [6.45, 7) is 1.54. The zero-order valence-corrected chi connectivity index (χ0v) is 6.12. The summed E-state index contributed by atoms with van der Waals surface area (Å²) in [6.07, 6.45) is -0.0279. The van der Waals surface area contributed by atoms with Gasteiger partial charge < -0.3 is 14.3 Å². The van der Waals surface area contributed by atoms with Gasteiger partial charge in [-0.2, -0.15) is 4.98 Å². The first-order valence-corrected chi connectivity index (χ1v) is 2.90. The number of hydrogen-bond acceptors (Lipinski definition) is 4. The second-order valence-electron chi connectivity index (χ2n) is 1.90. The molecule has 0 aliphatic heterocycles. The van der Waals surface area contributed by atoms with Crippen molar-refractivity contribution in [1.29, 1.82) is 0 Å². The molecule has 0 fully saturated rings. The molecule has 11 heavy (non-hydrogen) atoms. The Morgan fingerprint density at radius 3 is 2.64 bits per heavy atom. The Morgan fingerprint density at radius 1 is 1.73 bits per heavy atom. The van der Waals surface area contributed by atoms with Gasteiger partial charge in [0.25, 0.3) is 0 Å². The molecular weight excluding hydrogens is 150 g/mol. The fourth-order valence-electron chi connectivity index (χ4n) is 0.657. The molecule has 5 nitrogen and oxygen atoms in total. The zero-order chi connectivity index (χ0) is 8.43. The molecular formula is C6H7NO4. The summed E-state index contributed by atoms with van der Waals surface area (Å²) in [5, 5.41) is 8.49. The lowest BCUT2D eigenvalue weighted by Gasteiger charge is -1.86. The van der Waals surface area contributed by atoms with E-state index in [1.807, 2.05) is 0 Å². The third kappa shape index (κ3) is 1.31. The largest absolute Gasteiger partial charge is 0.475 e. The number of hydrogen-bond donors (Lipinski definition) is 1. The Morgan fingerprint density at radius 2 is 2.36 bits per heavy atom. The monoisotopic (exact) mass is 157 g/mol. The molecule has 0 radical (unpaired) electrons. The van der Waals surface area contributed by atoms with E-state index in [-0.39, 0.29) is 11.8 Å². The quantitative estimate of drug-likeness (QED) is 0.683. The number of ether oxygens (including phenoxy) is 1. The molecule has 0 aromatic carbocycles. The molecule has 60 valence electrons. The van der Waals surface area contributed by atoms with Crippen molar-refractivity contribution >= 4 is 5.97 Å². The van der Waals surface area contributed by atoms with Gasteiger partial charge in [-0.1, -0.05) is 0 Å². The minimum absolute atomic E-state index is 0.0279. The van der Waals surface area contributed by atoms with Crippen LogP contribution in [0.1, 0.15) is 16.2 Å². The smallest absolute Gasteiger partial charge is 0.394 e. The van der Waals surface area contributed by atoms with E-state index in [2.05, 4.69) is 9.72 Å². The number of aromatic nitrogens is 1. The first kappa shape index (κ1) is 7.59. The number of oxazole rings is 1. The first-order valence-electron chi connectivity index (χ1n) is 2.90. The molecule has 0 saturated carbocycles. The van der Waals surface area contributed by atoms with Crippen molar-refractivity contribution in [2.24, 2.45) is 0 Å². The standard InChI is InChI=1S/C6H7NO4/c1-3-4(5(8)9)11-6(7-3)10-2/h1-2H3,(H,8,9). The van der Waals surface area contributed by atoms with Gasteiger partial charge in [-0.05, 0) is 6.92 Å². The van der Waals surface area contributed by atoms with E-state index in [9.17, 15) is 4.79 Å². The maximum Gasteiger partial charge on any atom is 0.394 e. The Hall–Kier alpha value is -1.52. The second kappa shape index (κ2) is 2.61. The lowest BCUT2D eigenvalue weighted by Crippen LogP contribution is -1.95. The van der Waals surface area contributed by atoms with Crippen molar-refractivity contribution in [3.8, 4) is 6.08 Å². The van der Waals surface area contributed by atoms with Crippen molar-refractivity contribution in [1.82, 2.24) is 4.98 Å². The van der Waals surface area contributed by atoms with Crippen LogP contribution in [-0.2, 0) is 0 Å². The van der Waals surface area contributed by atoms with Crippen LogP contribution < -0.4 is 4.74 Å². The van der Waals surface area contributed by atoms with E-state index in [0.717, 1.165) is 0 Å². The third-order valence-corrected chi connectivity index (χ3v) is 1.15. The van der Waals surface area contributed by atoms with Crippen LogP contribution in [0.3, 0.4) is 0 Å². The Kier molecular flexibility index (Phi) is 1.80. The highest BCUT2D eigenvalue weighted by molar-refractivity contribution is 5.85. The van der Waals surface area contributed by atoms with E-state index in [0.29, 0.717) is 5.69 Å². The Balaban J connectivity index is 3.07. The van der Waals surface area contributed by atoms with Gasteiger partial charge in [-0.25, -0.2) is 4.79 Å². The van der Waals surface area contributed by atoms with Crippen molar-refractivity contribution in [3.05, 3.63) is 11.5 Å².